The number of aromatic nitrogens is 3. The Morgan fingerprint density at radius 2 is 1.58 bits per heavy atom. The lowest BCUT2D eigenvalue weighted by molar-refractivity contribution is 0.624. The van der Waals surface area contributed by atoms with Gasteiger partial charge in [-0.2, -0.15) is 9.78 Å². The van der Waals surface area contributed by atoms with Crippen molar-refractivity contribution in [2.45, 2.75) is 6.54 Å². The molecule has 0 radical (unpaired) electrons. The fourth-order valence-corrected chi connectivity index (χ4v) is 4.47. The standard InChI is InChI=1S/C30H21FN4O/c31-24-12-8-9-21(17-24)19-34-20-23(25-13-5-7-16-28(25)34)18-32-35-29(22-10-2-1-3-11-22)33-27-15-6-4-14-26(27)30(35)36/h1-18,20H,19H2. The summed E-state index contributed by atoms with van der Waals surface area (Å²) < 4.78 is 17.2. The molecular weight excluding hydrogens is 451 g/mol. The van der Waals surface area contributed by atoms with Gasteiger partial charge in [-0.1, -0.05) is 72.8 Å². The minimum absolute atomic E-state index is 0.237. The quantitative estimate of drug-likeness (QED) is 0.285. The molecule has 0 unspecified atom stereocenters. The second-order valence-corrected chi connectivity index (χ2v) is 8.54. The highest BCUT2D eigenvalue weighted by atomic mass is 19.1. The molecule has 0 saturated heterocycles. The molecule has 0 saturated carbocycles. The zero-order valence-electron chi connectivity index (χ0n) is 19.3. The van der Waals surface area contributed by atoms with Crippen molar-refractivity contribution in [1.82, 2.24) is 14.2 Å². The Hall–Kier alpha value is -4.84. The summed E-state index contributed by atoms with van der Waals surface area (Å²) in [5.74, 6) is 0.210. The Morgan fingerprint density at radius 3 is 2.42 bits per heavy atom. The highest BCUT2D eigenvalue weighted by Gasteiger charge is 2.13. The number of para-hydroxylation sites is 2. The van der Waals surface area contributed by atoms with E-state index in [4.69, 9.17) is 4.98 Å². The van der Waals surface area contributed by atoms with Gasteiger partial charge in [-0.3, -0.25) is 4.79 Å². The molecule has 0 amide bonds. The van der Waals surface area contributed by atoms with Gasteiger partial charge in [0.1, 0.15) is 5.82 Å². The van der Waals surface area contributed by atoms with Crippen molar-refractivity contribution in [3.05, 3.63) is 137 Å². The van der Waals surface area contributed by atoms with E-state index in [0.717, 1.165) is 27.6 Å². The van der Waals surface area contributed by atoms with Gasteiger partial charge in [0.25, 0.3) is 5.56 Å². The Morgan fingerprint density at radius 1 is 0.833 bits per heavy atom. The van der Waals surface area contributed by atoms with Crippen LogP contribution in [0.2, 0.25) is 0 Å². The largest absolute Gasteiger partial charge is 0.342 e. The minimum Gasteiger partial charge on any atom is -0.342 e. The zero-order valence-corrected chi connectivity index (χ0v) is 19.3. The van der Waals surface area contributed by atoms with E-state index in [1.165, 1.54) is 16.8 Å². The third-order valence-corrected chi connectivity index (χ3v) is 6.16. The van der Waals surface area contributed by atoms with Gasteiger partial charge in [-0.25, -0.2) is 9.37 Å². The molecule has 0 bridgehead atoms. The molecule has 0 N–H and O–H groups in total. The molecule has 0 aliphatic rings. The molecule has 6 heteroatoms. The maximum Gasteiger partial charge on any atom is 0.282 e. The summed E-state index contributed by atoms with van der Waals surface area (Å²) in [6, 6.07) is 31.4. The van der Waals surface area contributed by atoms with Crippen LogP contribution in [-0.2, 0) is 6.54 Å². The van der Waals surface area contributed by atoms with Crippen LogP contribution in [0.3, 0.4) is 0 Å². The van der Waals surface area contributed by atoms with Crippen LogP contribution in [0.15, 0.2) is 119 Å². The highest BCUT2D eigenvalue weighted by Crippen LogP contribution is 2.23. The van der Waals surface area contributed by atoms with Crippen LogP contribution in [0.1, 0.15) is 11.1 Å². The van der Waals surface area contributed by atoms with Crippen molar-refractivity contribution in [2.24, 2.45) is 5.10 Å². The van der Waals surface area contributed by atoms with Gasteiger partial charge in [0.05, 0.1) is 17.1 Å². The van der Waals surface area contributed by atoms with Crippen LogP contribution >= 0.6 is 0 Å². The third-order valence-electron chi connectivity index (χ3n) is 6.16. The molecule has 4 aromatic carbocycles. The Balaban J connectivity index is 1.49. The number of rotatable bonds is 5. The van der Waals surface area contributed by atoms with Crippen molar-refractivity contribution in [3.63, 3.8) is 0 Å². The van der Waals surface area contributed by atoms with E-state index >= 15 is 0 Å². The van der Waals surface area contributed by atoms with E-state index in [2.05, 4.69) is 9.67 Å². The van der Waals surface area contributed by atoms with E-state index in [1.807, 2.05) is 85.1 Å². The fraction of sp³-hybridized carbons (Fsp3) is 0.0333. The maximum atomic E-state index is 13.8. The normalized spacial score (nSPS) is 11.6. The molecule has 174 valence electrons. The molecule has 0 aliphatic carbocycles. The molecule has 2 aromatic heterocycles. The van der Waals surface area contributed by atoms with Gasteiger partial charge >= 0.3 is 0 Å². The van der Waals surface area contributed by atoms with Gasteiger partial charge < -0.3 is 4.57 Å². The predicted octanol–water partition coefficient (Wildman–Crippen LogP) is 6.09. The number of nitrogens with zero attached hydrogens (tertiary/aromatic N) is 4. The molecule has 0 fully saturated rings. The third kappa shape index (κ3) is 3.99. The molecule has 0 aliphatic heterocycles. The average Bonchev–Trinajstić information content (AvgIpc) is 3.26. The number of benzene rings is 4. The maximum absolute atomic E-state index is 13.8. The number of halogens is 1. The van der Waals surface area contributed by atoms with E-state index in [0.29, 0.717) is 23.3 Å². The zero-order chi connectivity index (χ0) is 24.5. The number of hydrogen-bond acceptors (Lipinski definition) is 3. The van der Waals surface area contributed by atoms with Crippen molar-refractivity contribution in [3.8, 4) is 11.4 Å². The number of hydrogen-bond donors (Lipinski definition) is 0. The van der Waals surface area contributed by atoms with E-state index in [9.17, 15) is 9.18 Å². The monoisotopic (exact) mass is 472 g/mol. The van der Waals surface area contributed by atoms with Crippen LogP contribution in [0.5, 0.6) is 0 Å². The molecule has 5 nitrogen and oxygen atoms in total. The summed E-state index contributed by atoms with van der Waals surface area (Å²) in [6.07, 6.45) is 3.66. The van der Waals surface area contributed by atoms with Crippen molar-refractivity contribution < 1.29 is 4.39 Å². The second-order valence-electron chi connectivity index (χ2n) is 8.54. The topological polar surface area (TPSA) is 52.2 Å². The van der Waals surface area contributed by atoms with Crippen molar-refractivity contribution >= 4 is 28.0 Å². The van der Waals surface area contributed by atoms with Gasteiger partial charge in [-0.05, 0) is 35.9 Å². The molecule has 6 aromatic rings. The lowest BCUT2D eigenvalue weighted by Crippen LogP contribution is -2.20. The summed E-state index contributed by atoms with van der Waals surface area (Å²) in [5, 5.41) is 6.12. The van der Waals surface area contributed by atoms with Crippen LogP contribution in [0.4, 0.5) is 4.39 Å². The van der Waals surface area contributed by atoms with E-state index in [1.54, 1.807) is 18.3 Å². The predicted molar refractivity (Wildman–Crippen MR) is 142 cm³/mol. The first-order valence-corrected chi connectivity index (χ1v) is 11.6. The molecule has 2 heterocycles. The molecular formula is C30H21FN4O. The summed E-state index contributed by atoms with van der Waals surface area (Å²) in [7, 11) is 0. The van der Waals surface area contributed by atoms with Gasteiger partial charge in [0, 0.05) is 34.8 Å². The average molecular weight is 473 g/mol. The van der Waals surface area contributed by atoms with Gasteiger partial charge in [0.15, 0.2) is 5.82 Å². The lowest BCUT2D eigenvalue weighted by Gasteiger charge is -2.09. The Labute approximate surface area is 206 Å². The van der Waals surface area contributed by atoms with Crippen LogP contribution < -0.4 is 5.56 Å². The van der Waals surface area contributed by atoms with Crippen molar-refractivity contribution in [1.29, 1.82) is 0 Å². The molecule has 0 atom stereocenters. The summed E-state index contributed by atoms with van der Waals surface area (Å²) >= 11 is 0. The summed E-state index contributed by atoms with van der Waals surface area (Å²) in [5.41, 5.74) is 3.89. The molecule has 0 spiro atoms. The first-order valence-electron chi connectivity index (χ1n) is 11.6. The van der Waals surface area contributed by atoms with Crippen LogP contribution in [0.25, 0.3) is 33.2 Å². The molecule has 6 rings (SSSR count). The molecule has 36 heavy (non-hydrogen) atoms. The van der Waals surface area contributed by atoms with Gasteiger partial charge in [0.2, 0.25) is 0 Å². The first kappa shape index (κ1) is 21.7. The lowest BCUT2D eigenvalue weighted by atomic mass is 10.2. The van der Waals surface area contributed by atoms with Crippen molar-refractivity contribution in [2.75, 3.05) is 0 Å². The van der Waals surface area contributed by atoms with E-state index < -0.39 is 0 Å². The Kier molecular flexibility index (Phi) is 5.46. The van der Waals surface area contributed by atoms with Crippen LogP contribution in [-0.4, -0.2) is 20.4 Å². The van der Waals surface area contributed by atoms with E-state index in [-0.39, 0.29) is 11.4 Å². The van der Waals surface area contributed by atoms with Crippen LogP contribution in [0, 0.1) is 5.82 Å². The van der Waals surface area contributed by atoms with Gasteiger partial charge in [-0.15, -0.1) is 0 Å². The SMILES string of the molecule is O=c1c2ccccc2nc(-c2ccccc2)n1N=Cc1cn(Cc2cccc(F)c2)c2ccccc12. The second kappa shape index (κ2) is 9.07. The fourth-order valence-electron chi connectivity index (χ4n) is 4.47. The Bertz CT molecular complexity index is 1800. The first-order chi connectivity index (χ1) is 17.7. The minimum atomic E-state index is -0.262. The summed E-state index contributed by atoms with van der Waals surface area (Å²) in [4.78, 5) is 18.2. The smallest absolute Gasteiger partial charge is 0.282 e. The number of fused-ring (bicyclic) bond motifs is 2. The highest BCUT2D eigenvalue weighted by molar-refractivity contribution is 5.99. The summed E-state index contributed by atoms with van der Waals surface area (Å²) in [6.45, 7) is 0.513.